The molecule has 1 saturated heterocycles. The van der Waals surface area contributed by atoms with E-state index < -0.39 is 0 Å². The number of likely N-dealkylation sites (tertiary alicyclic amines) is 1. The molecule has 1 aliphatic heterocycles. The van der Waals surface area contributed by atoms with Crippen molar-refractivity contribution in [3.63, 3.8) is 0 Å². The number of nitrogens with zero attached hydrogens (tertiary/aromatic N) is 1. The van der Waals surface area contributed by atoms with E-state index in [4.69, 9.17) is 0 Å². The second-order valence-corrected chi connectivity index (χ2v) is 4.62. The summed E-state index contributed by atoms with van der Waals surface area (Å²) in [5.41, 5.74) is 1.28. The van der Waals surface area contributed by atoms with Gasteiger partial charge in [-0.15, -0.1) is 0 Å². The topological polar surface area (TPSA) is 40.5 Å². The van der Waals surface area contributed by atoms with E-state index in [2.05, 4.69) is 12.1 Å². The molecule has 1 fully saturated rings. The zero-order valence-electron chi connectivity index (χ0n) is 10.0. The van der Waals surface area contributed by atoms with Gasteiger partial charge < -0.3 is 10.0 Å². The number of rotatable bonds is 4. The first-order valence-electron chi connectivity index (χ1n) is 6.25. The van der Waals surface area contributed by atoms with Crippen LogP contribution in [0.15, 0.2) is 30.3 Å². The summed E-state index contributed by atoms with van der Waals surface area (Å²) in [6.45, 7) is 1.23. The van der Waals surface area contributed by atoms with Crippen LogP contribution in [0.2, 0.25) is 0 Å². The normalized spacial score (nSPS) is 19.6. The van der Waals surface area contributed by atoms with Crippen molar-refractivity contribution in [2.45, 2.75) is 31.8 Å². The molecule has 3 heteroatoms. The molecule has 0 radical (unpaired) electrons. The van der Waals surface area contributed by atoms with Gasteiger partial charge in [0, 0.05) is 19.5 Å². The minimum atomic E-state index is -0.312. The van der Waals surface area contributed by atoms with Crippen LogP contribution in [0.1, 0.15) is 24.8 Å². The van der Waals surface area contributed by atoms with Crippen molar-refractivity contribution >= 4 is 5.91 Å². The van der Waals surface area contributed by atoms with Crippen LogP contribution in [0.3, 0.4) is 0 Å². The molecule has 17 heavy (non-hydrogen) atoms. The lowest BCUT2D eigenvalue weighted by Crippen LogP contribution is -2.29. The van der Waals surface area contributed by atoms with Gasteiger partial charge in [0.25, 0.3) is 0 Å². The highest BCUT2D eigenvalue weighted by molar-refractivity contribution is 5.76. The summed E-state index contributed by atoms with van der Waals surface area (Å²) < 4.78 is 0. The lowest BCUT2D eigenvalue weighted by atomic mass is 10.1. The SMILES string of the molecule is O=C(CCCc1ccccc1)N1CCC(O)C1. The maximum atomic E-state index is 11.8. The number of hydrogen-bond donors (Lipinski definition) is 1. The highest BCUT2D eigenvalue weighted by atomic mass is 16.3. The first kappa shape index (κ1) is 12.1. The maximum absolute atomic E-state index is 11.8. The Hall–Kier alpha value is -1.35. The molecular formula is C14H19NO2. The minimum Gasteiger partial charge on any atom is -0.391 e. The fourth-order valence-corrected chi connectivity index (χ4v) is 2.21. The molecule has 1 aliphatic rings. The van der Waals surface area contributed by atoms with Gasteiger partial charge in [0.1, 0.15) is 0 Å². The number of benzene rings is 1. The lowest BCUT2D eigenvalue weighted by Gasteiger charge is -2.15. The Morgan fingerprint density at radius 3 is 2.76 bits per heavy atom. The minimum absolute atomic E-state index is 0.178. The number of hydrogen-bond acceptors (Lipinski definition) is 2. The Bertz CT molecular complexity index is 364. The van der Waals surface area contributed by atoms with Gasteiger partial charge in [-0.05, 0) is 24.8 Å². The van der Waals surface area contributed by atoms with E-state index in [1.807, 2.05) is 18.2 Å². The fourth-order valence-electron chi connectivity index (χ4n) is 2.21. The van der Waals surface area contributed by atoms with E-state index >= 15 is 0 Å². The van der Waals surface area contributed by atoms with Crippen LogP contribution >= 0.6 is 0 Å². The van der Waals surface area contributed by atoms with Gasteiger partial charge in [-0.2, -0.15) is 0 Å². The Kier molecular flexibility index (Phi) is 4.15. The number of aryl methyl sites for hydroxylation is 1. The third kappa shape index (κ3) is 3.56. The van der Waals surface area contributed by atoms with Gasteiger partial charge in [0.15, 0.2) is 0 Å². The third-order valence-electron chi connectivity index (χ3n) is 3.22. The average molecular weight is 233 g/mol. The molecule has 0 saturated carbocycles. The van der Waals surface area contributed by atoms with E-state index in [1.165, 1.54) is 5.56 Å². The summed E-state index contributed by atoms with van der Waals surface area (Å²) in [4.78, 5) is 13.6. The van der Waals surface area contributed by atoms with E-state index in [1.54, 1.807) is 4.90 Å². The van der Waals surface area contributed by atoms with E-state index in [0.717, 1.165) is 19.3 Å². The molecule has 1 heterocycles. The lowest BCUT2D eigenvalue weighted by molar-refractivity contribution is -0.130. The predicted octanol–water partition coefficient (Wildman–Crippen LogP) is 1.60. The molecule has 3 nitrogen and oxygen atoms in total. The van der Waals surface area contributed by atoms with Crippen molar-refractivity contribution in [3.8, 4) is 0 Å². The summed E-state index contributed by atoms with van der Waals surface area (Å²) in [7, 11) is 0. The van der Waals surface area contributed by atoms with Crippen molar-refractivity contribution < 1.29 is 9.90 Å². The Balaban J connectivity index is 1.70. The van der Waals surface area contributed by atoms with Crippen LogP contribution in [0.25, 0.3) is 0 Å². The monoisotopic (exact) mass is 233 g/mol. The molecule has 1 aromatic rings. The zero-order valence-corrected chi connectivity index (χ0v) is 10.0. The van der Waals surface area contributed by atoms with Crippen LogP contribution < -0.4 is 0 Å². The molecule has 1 amide bonds. The first-order valence-corrected chi connectivity index (χ1v) is 6.25. The Morgan fingerprint density at radius 2 is 2.12 bits per heavy atom. The van der Waals surface area contributed by atoms with E-state index in [-0.39, 0.29) is 12.0 Å². The van der Waals surface area contributed by atoms with E-state index in [0.29, 0.717) is 19.5 Å². The largest absolute Gasteiger partial charge is 0.391 e. The second-order valence-electron chi connectivity index (χ2n) is 4.62. The molecule has 0 spiro atoms. The molecule has 2 rings (SSSR count). The summed E-state index contributed by atoms with van der Waals surface area (Å²) in [6.07, 6.45) is 2.83. The zero-order chi connectivity index (χ0) is 12.1. The molecule has 1 atom stereocenters. The van der Waals surface area contributed by atoms with Gasteiger partial charge in [-0.1, -0.05) is 30.3 Å². The number of aliphatic hydroxyl groups excluding tert-OH is 1. The van der Waals surface area contributed by atoms with Crippen molar-refractivity contribution in [1.82, 2.24) is 4.90 Å². The van der Waals surface area contributed by atoms with Gasteiger partial charge in [0.2, 0.25) is 5.91 Å². The highest BCUT2D eigenvalue weighted by Gasteiger charge is 2.23. The van der Waals surface area contributed by atoms with Crippen molar-refractivity contribution in [3.05, 3.63) is 35.9 Å². The van der Waals surface area contributed by atoms with Gasteiger partial charge in [0.05, 0.1) is 6.10 Å². The standard InChI is InChI=1S/C14H19NO2/c16-13-9-10-15(11-13)14(17)8-4-7-12-5-2-1-3-6-12/h1-3,5-6,13,16H,4,7-11H2. The molecule has 1 unspecified atom stereocenters. The third-order valence-corrected chi connectivity index (χ3v) is 3.22. The van der Waals surface area contributed by atoms with Crippen LogP contribution in [-0.4, -0.2) is 35.1 Å². The van der Waals surface area contributed by atoms with Crippen molar-refractivity contribution in [2.75, 3.05) is 13.1 Å². The van der Waals surface area contributed by atoms with Crippen molar-refractivity contribution in [1.29, 1.82) is 0 Å². The fraction of sp³-hybridized carbons (Fsp3) is 0.500. The summed E-state index contributed by atoms with van der Waals surface area (Å²) in [5, 5.41) is 9.36. The molecule has 0 aliphatic carbocycles. The Labute approximate surface area is 102 Å². The molecule has 1 N–H and O–H groups in total. The molecule has 0 bridgehead atoms. The molecule has 1 aromatic carbocycles. The molecule has 0 aromatic heterocycles. The molecule has 92 valence electrons. The smallest absolute Gasteiger partial charge is 0.222 e. The van der Waals surface area contributed by atoms with Crippen molar-refractivity contribution in [2.24, 2.45) is 0 Å². The number of amides is 1. The Morgan fingerprint density at radius 1 is 1.35 bits per heavy atom. The number of carbonyl (C=O) groups excluding carboxylic acids is 1. The van der Waals surface area contributed by atoms with E-state index in [9.17, 15) is 9.90 Å². The van der Waals surface area contributed by atoms with Gasteiger partial charge in [-0.25, -0.2) is 0 Å². The first-order chi connectivity index (χ1) is 8.25. The second kappa shape index (κ2) is 5.82. The summed E-state index contributed by atoms with van der Waals surface area (Å²) >= 11 is 0. The van der Waals surface area contributed by atoms with Gasteiger partial charge in [-0.3, -0.25) is 4.79 Å². The van der Waals surface area contributed by atoms with Crippen LogP contribution in [0.4, 0.5) is 0 Å². The summed E-state index contributed by atoms with van der Waals surface area (Å²) in [6, 6.07) is 10.2. The predicted molar refractivity (Wildman–Crippen MR) is 66.6 cm³/mol. The maximum Gasteiger partial charge on any atom is 0.222 e. The average Bonchev–Trinajstić information content (AvgIpc) is 2.77. The van der Waals surface area contributed by atoms with Gasteiger partial charge >= 0.3 is 0 Å². The van der Waals surface area contributed by atoms with Crippen LogP contribution in [0.5, 0.6) is 0 Å². The van der Waals surface area contributed by atoms with Crippen LogP contribution in [-0.2, 0) is 11.2 Å². The number of aliphatic hydroxyl groups is 1. The quantitative estimate of drug-likeness (QED) is 0.858. The number of β-amino-alcohol motifs (C(OH)–C–C–N with tert-alkyl or cyclic N) is 1. The molecular weight excluding hydrogens is 214 g/mol. The summed E-state index contributed by atoms with van der Waals surface area (Å²) in [5.74, 6) is 0.178. The highest BCUT2D eigenvalue weighted by Crippen LogP contribution is 2.12. The number of carbonyl (C=O) groups is 1. The van der Waals surface area contributed by atoms with Crippen LogP contribution in [0, 0.1) is 0 Å².